The summed E-state index contributed by atoms with van der Waals surface area (Å²) in [7, 11) is 0. The third-order valence-electron chi connectivity index (χ3n) is 3.65. The minimum Gasteiger partial charge on any atom is -0.346 e. The van der Waals surface area contributed by atoms with Crippen LogP contribution in [0, 0.1) is 10.8 Å². The number of carbonyl (C=O) groups is 1. The van der Waals surface area contributed by atoms with Gasteiger partial charge in [0.15, 0.2) is 0 Å². The quantitative estimate of drug-likeness (QED) is 0.784. The lowest BCUT2D eigenvalue weighted by molar-refractivity contribution is -0.142. The van der Waals surface area contributed by atoms with Crippen LogP contribution in [0.2, 0.25) is 0 Å². The second kappa shape index (κ2) is 6.43. The molecule has 0 radical (unpaired) electrons. The molecular weight excluding hydrogens is 297 g/mol. The number of nitrogens with one attached hydrogen (secondary N) is 3. The van der Waals surface area contributed by atoms with E-state index in [0.29, 0.717) is 18.7 Å². The van der Waals surface area contributed by atoms with E-state index in [0.717, 1.165) is 0 Å². The number of pyridine rings is 1. The first kappa shape index (κ1) is 16.4. The molecule has 1 fully saturated rings. The number of amides is 1. The number of rotatable bonds is 4. The van der Waals surface area contributed by atoms with Gasteiger partial charge in [0.2, 0.25) is 5.91 Å². The van der Waals surface area contributed by atoms with Crippen molar-refractivity contribution in [2.24, 2.45) is 5.41 Å². The van der Waals surface area contributed by atoms with Crippen molar-refractivity contribution in [3.8, 4) is 0 Å². The molecule has 1 saturated heterocycles. The summed E-state index contributed by atoms with van der Waals surface area (Å²) < 4.78 is 37.0. The Kier molecular flexibility index (Phi) is 4.80. The third kappa shape index (κ3) is 3.82. The lowest BCUT2D eigenvalue weighted by Crippen LogP contribution is -2.58. The van der Waals surface area contributed by atoms with E-state index < -0.39 is 24.0 Å². The number of nitrogens with zero attached hydrogens (tertiary/aromatic N) is 1. The zero-order valence-electron chi connectivity index (χ0n) is 11.8. The molecule has 0 spiro atoms. The highest BCUT2D eigenvalue weighted by atomic mass is 19.4. The Morgan fingerprint density at radius 2 is 2.23 bits per heavy atom. The minimum absolute atomic E-state index is 0.101. The Morgan fingerprint density at radius 3 is 2.82 bits per heavy atom. The van der Waals surface area contributed by atoms with Gasteiger partial charge in [-0.05, 0) is 18.6 Å². The van der Waals surface area contributed by atoms with Gasteiger partial charge in [0.05, 0.1) is 0 Å². The molecular formula is C14H17F3N4O. The van der Waals surface area contributed by atoms with Gasteiger partial charge in [-0.2, -0.15) is 13.2 Å². The van der Waals surface area contributed by atoms with Crippen LogP contribution in [-0.2, 0) is 11.2 Å². The fourth-order valence-corrected chi connectivity index (χ4v) is 2.49. The molecule has 1 atom stereocenters. The molecule has 5 nitrogen and oxygen atoms in total. The smallest absolute Gasteiger partial charge is 0.346 e. The van der Waals surface area contributed by atoms with Gasteiger partial charge < -0.3 is 16.0 Å². The van der Waals surface area contributed by atoms with Crippen LogP contribution < -0.4 is 10.6 Å². The zero-order valence-corrected chi connectivity index (χ0v) is 11.8. The van der Waals surface area contributed by atoms with Crippen molar-refractivity contribution in [1.82, 2.24) is 15.6 Å². The molecule has 0 aromatic carbocycles. The summed E-state index contributed by atoms with van der Waals surface area (Å²) >= 11 is 0. The fraction of sp³-hybridized carbons (Fsp3) is 0.500. The largest absolute Gasteiger partial charge is 0.405 e. The number of piperidine rings is 1. The Labute approximate surface area is 125 Å². The van der Waals surface area contributed by atoms with Gasteiger partial charge in [-0.3, -0.25) is 9.78 Å². The lowest BCUT2D eigenvalue weighted by Gasteiger charge is -2.36. The summed E-state index contributed by atoms with van der Waals surface area (Å²) in [5, 5.41) is 13.0. The standard InChI is InChI=1S/C14H17F3N4O/c15-14(16,17)9-21-12(22)13(8-19-6-4-11(13)18)7-10-3-1-2-5-20-10/h1-3,5,18-19H,4,6-9H2,(H,21,22)/t13-/m1/s1. The Bertz CT molecular complexity index is 547. The highest BCUT2D eigenvalue weighted by Gasteiger charge is 2.45. The van der Waals surface area contributed by atoms with Crippen molar-refractivity contribution in [2.45, 2.75) is 19.0 Å². The van der Waals surface area contributed by atoms with E-state index in [4.69, 9.17) is 5.41 Å². The van der Waals surface area contributed by atoms with Crippen LogP contribution in [0.15, 0.2) is 24.4 Å². The number of alkyl halides is 3. The van der Waals surface area contributed by atoms with Gasteiger partial charge in [0.25, 0.3) is 0 Å². The molecule has 1 aromatic rings. The highest BCUT2D eigenvalue weighted by Crippen LogP contribution is 2.28. The molecule has 1 aromatic heterocycles. The van der Waals surface area contributed by atoms with Crippen molar-refractivity contribution in [3.63, 3.8) is 0 Å². The van der Waals surface area contributed by atoms with Crippen molar-refractivity contribution in [2.75, 3.05) is 19.6 Å². The van der Waals surface area contributed by atoms with Crippen molar-refractivity contribution < 1.29 is 18.0 Å². The SMILES string of the molecule is N=C1CCNC[C@@]1(Cc1ccccn1)C(=O)NCC(F)(F)F. The zero-order chi connectivity index (χ0) is 16.2. The van der Waals surface area contributed by atoms with Gasteiger partial charge in [0, 0.05) is 37.1 Å². The number of carbonyl (C=O) groups excluding carboxylic acids is 1. The van der Waals surface area contributed by atoms with Crippen LogP contribution in [-0.4, -0.2) is 42.4 Å². The molecule has 0 saturated carbocycles. The Hall–Kier alpha value is -1.96. The molecule has 120 valence electrons. The van der Waals surface area contributed by atoms with Gasteiger partial charge in [0.1, 0.15) is 12.0 Å². The maximum Gasteiger partial charge on any atom is 0.405 e. The van der Waals surface area contributed by atoms with Crippen molar-refractivity contribution in [3.05, 3.63) is 30.1 Å². The molecule has 1 amide bonds. The van der Waals surface area contributed by atoms with Crippen molar-refractivity contribution in [1.29, 1.82) is 5.41 Å². The van der Waals surface area contributed by atoms with Gasteiger partial charge in [-0.15, -0.1) is 0 Å². The highest BCUT2D eigenvalue weighted by molar-refractivity contribution is 6.08. The minimum atomic E-state index is -4.48. The Morgan fingerprint density at radius 1 is 1.45 bits per heavy atom. The number of hydrogen-bond donors (Lipinski definition) is 3. The molecule has 8 heteroatoms. The first-order valence-electron chi connectivity index (χ1n) is 6.87. The Balaban J connectivity index is 2.22. The molecule has 1 aliphatic heterocycles. The van der Waals surface area contributed by atoms with Gasteiger partial charge in [-0.1, -0.05) is 6.07 Å². The van der Waals surface area contributed by atoms with Crippen LogP contribution in [0.1, 0.15) is 12.1 Å². The second-order valence-electron chi connectivity index (χ2n) is 5.28. The maximum atomic E-state index is 12.4. The lowest BCUT2D eigenvalue weighted by atomic mass is 9.74. The average molecular weight is 314 g/mol. The molecule has 2 rings (SSSR count). The van der Waals surface area contributed by atoms with Crippen LogP contribution in [0.25, 0.3) is 0 Å². The first-order chi connectivity index (χ1) is 10.3. The monoisotopic (exact) mass is 314 g/mol. The van der Waals surface area contributed by atoms with E-state index in [1.54, 1.807) is 24.4 Å². The molecule has 0 unspecified atom stereocenters. The van der Waals surface area contributed by atoms with Crippen LogP contribution in [0.4, 0.5) is 13.2 Å². The van der Waals surface area contributed by atoms with Crippen LogP contribution in [0.3, 0.4) is 0 Å². The van der Waals surface area contributed by atoms with E-state index in [1.807, 2.05) is 5.32 Å². The van der Waals surface area contributed by atoms with E-state index in [-0.39, 0.29) is 18.7 Å². The number of aromatic nitrogens is 1. The van der Waals surface area contributed by atoms with Crippen LogP contribution >= 0.6 is 0 Å². The van der Waals surface area contributed by atoms with E-state index >= 15 is 0 Å². The maximum absolute atomic E-state index is 12.4. The molecule has 1 aliphatic rings. The van der Waals surface area contributed by atoms with E-state index in [2.05, 4.69) is 10.3 Å². The third-order valence-corrected chi connectivity index (χ3v) is 3.65. The number of halogens is 3. The first-order valence-corrected chi connectivity index (χ1v) is 6.87. The fourth-order valence-electron chi connectivity index (χ4n) is 2.49. The predicted octanol–water partition coefficient (Wildman–Crippen LogP) is 1.30. The molecule has 2 heterocycles. The summed E-state index contributed by atoms with van der Waals surface area (Å²) in [4.78, 5) is 16.5. The van der Waals surface area contributed by atoms with Gasteiger partial charge in [-0.25, -0.2) is 0 Å². The number of hydrogen-bond acceptors (Lipinski definition) is 4. The van der Waals surface area contributed by atoms with E-state index in [1.165, 1.54) is 0 Å². The van der Waals surface area contributed by atoms with Gasteiger partial charge >= 0.3 is 6.18 Å². The van der Waals surface area contributed by atoms with Crippen molar-refractivity contribution >= 4 is 11.6 Å². The molecule has 22 heavy (non-hydrogen) atoms. The predicted molar refractivity (Wildman–Crippen MR) is 74.7 cm³/mol. The summed E-state index contributed by atoms with van der Waals surface area (Å²) in [6.45, 7) is -0.732. The summed E-state index contributed by atoms with van der Waals surface area (Å²) in [5.41, 5.74) is -0.618. The molecule has 0 aliphatic carbocycles. The summed E-state index contributed by atoms with van der Waals surface area (Å²) in [5.74, 6) is -0.785. The average Bonchev–Trinajstić information content (AvgIpc) is 2.47. The molecule has 3 N–H and O–H groups in total. The summed E-state index contributed by atoms with van der Waals surface area (Å²) in [6, 6.07) is 5.15. The summed E-state index contributed by atoms with van der Waals surface area (Å²) in [6.07, 6.45) is -2.50. The second-order valence-corrected chi connectivity index (χ2v) is 5.28. The molecule has 0 bridgehead atoms. The topological polar surface area (TPSA) is 77.9 Å². The van der Waals surface area contributed by atoms with E-state index in [9.17, 15) is 18.0 Å². The normalized spacial score (nSPS) is 22.4. The van der Waals surface area contributed by atoms with Crippen LogP contribution in [0.5, 0.6) is 0 Å².